The minimum atomic E-state index is -0.543. The van der Waals surface area contributed by atoms with Gasteiger partial charge in [0.15, 0.2) is 0 Å². The first-order chi connectivity index (χ1) is 15.8. The van der Waals surface area contributed by atoms with Gasteiger partial charge < -0.3 is 10.5 Å². The summed E-state index contributed by atoms with van der Waals surface area (Å²) in [5.74, 6) is -0.772. The number of nitrogens with zero attached hydrogens (tertiary/aromatic N) is 1. The Labute approximate surface area is 198 Å². The SMILES string of the molecule is CC12CC3=C(C=C1CC[C@@H]2OCc1cccc(Cl)c1C(N)=O)CC(c1ccc(F)cc1)N=C3. The highest BCUT2D eigenvalue weighted by atomic mass is 35.5. The van der Waals surface area contributed by atoms with E-state index >= 15 is 0 Å². The highest BCUT2D eigenvalue weighted by molar-refractivity contribution is 6.34. The molecule has 1 amide bonds. The molecule has 1 saturated carbocycles. The number of primary amides is 1. The first kappa shape index (κ1) is 22.1. The van der Waals surface area contributed by atoms with Crippen LogP contribution < -0.4 is 5.73 Å². The van der Waals surface area contributed by atoms with Crippen molar-refractivity contribution in [3.05, 3.63) is 92.8 Å². The number of benzene rings is 2. The maximum absolute atomic E-state index is 13.3. The lowest BCUT2D eigenvalue weighted by atomic mass is 9.71. The van der Waals surface area contributed by atoms with E-state index in [0.717, 1.165) is 31.2 Å². The summed E-state index contributed by atoms with van der Waals surface area (Å²) in [5, 5.41) is 0.350. The Bertz CT molecular complexity index is 1200. The Balaban J connectivity index is 1.32. The maximum atomic E-state index is 13.3. The van der Waals surface area contributed by atoms with Crippen LogP contribution in [0, 0.1) is 11.2 Å². The third-order valence-corrected chi connectivity index (χ3v) is 7.62. The highest BCUT2D eigenvalue weighted by Crippen LogP contribution is 2.53. The predicted octanol–water partition coefficient (Wildman–Crippen LogP) is 6.11. The van der Waals surface area contributed by atoms with Gasteiger partial charge in [-0.2, -0.15) is 0 Å². The third-order valence-electron chi connectivity index (χ3n) is 7.30. The zero-order valence-electron chi connectivity index (χ0n) is 18.5. The molecule has 5 rings (SSSR count). The Morgan fingerprint density at radius 3 is 2.79 bits per heavy atom. The molecule has 170 valence electrons. The van der Waals surface area contributed by atoms with E-state index in [4.69, 9.17) is 27.1 Å². The monoisotopic (exact) mass is 464 g/mol. The second kappa shape index (κ2) is 8.54. The Morgan fingerprint density at radius 2 is 2.03 bits per heavy atom. The van der Waals surface area contributed by atoms with Crippen LogP contribution in [0.1, 0.15) is 60.1 Å². The van der Waals surface area contributed by atoms with Gasteiger partial charge in [-0.1, -0.05) is 54.4 Å². The number of ether oxygens (including phenoxy) is 1. The smallest absolute Gasteiger partial charge is 0.250 e. The maximum Gasteiger partial charge on any atom is 0.250 e. The second-order valence-electron chi connectivity index (χ2n) is 9.34. The quantitative estimate of drug-likeness (QED) is 0.580. The Hall–Kier alpha value is -2.76. The first-order valence-electron chi connectivity index (χ1n) is 11.3. The molecule has 2 unspecified atom stereocenters. The number of fused-ring (bicyclic) bond motifs is 1. The number of carbonyl (C=O) groups is 1. The van der Waals surface area contributed by atoms with Gasteiger partial charge in [0.05, 0.1) is 29.3 Å². The van der Waals surface area contributed by atoms with Crippen LogP contribution in [0.5, 0.6) is 0 Å². The van der Waals surface area contributed by atoms with Gasteiger partial charge in [0.25, 0.3) is 5.91 Å². The number of carbonyl (C=O) groups excluding carboxylic acids is 1. The number of rotatable bonds is 5. The van der Waals surface area contributed by atoms with Gasteiger partial charge in [-0.15, -0.1) is 0 Å². The van der Waals surface area contributed by atoms with E-state index < -0.39 is 5.91 Å². The van der Waals surface area contributed by atoms with E-state index in [9.17, 15) is 9.18 Å². The van der Waals surface area contributed by atoms with Crippen molar-refractivity contribution in [1.29, 1.82) is 0 Å². The molecule has 1 aliphatic heterocycles. The number of aliphatic imine (C=N–C) groups is 1. The van der Waals surface area contributed by atoms with E-state index in [2.05, 4.69) is 13.0 Å². The van der Waals surface area contributed by atoms with E-state index in [1.54, 1.807) is 6.07 Å². The summed E-state index contributed by atoms with van der Waals surface area (Å²) >= 11 is 6.19. The lowest BCUT2D eigenvalue weighted by molar-refractivity contribution is -0.0140. The molecule has 6 heteroatoms. The van der Waals surface area contributed by atoms with Crippen molar-refractivity contribution < 1.29 is 13.9 Å². The molecule has 33 heavy (non-hydrogen) atoms. The van der Waals surface area contributed by atoms with Crippen LogP contribution in [0.25, 0.3) is 0 Å². The predicted molar refractivity (Wildman–Crippen MR) is 128 cm³/mol. The van der Waals surface area contributed by atoms with Gasteiger partial charge in [-0.3, -0.25) is 9.79 Å². The molecule has 0 aromatic heterocycles. The Kier molecular flexibility index (Phi) is 5.71. The molecule has 3 aliphatic rings. The van der Waals surface area contributed by atoms with E-state index in [-0.39, 0.29) is 23.4 Å². The first-order valence-corrected chi connectivity index (χ1v) is 11.6. The summed E-state index contributed by atoms with van der Waals surface area (Å²) in [6.07, 6.45) is 7.95. The molecule has 3 atom stereocenters. The summed E-state index contributed by atoms with van der Waals surface area (Å²) in [5.41, 5.74) is 11.5. The molecule has 0 radical (unpaired) electrons. The number of allylic oxidation sites excluding steroid dienone is 2. The van der Waals surface area contributed by atoms with Crippen LogP contribution in [0.3, 0.4) is 0 Å². The molecule has 4 nitrogen and oxygen atoms in total. The number of amides is 1. The molecule has 0 bridgehead atoms. The average Bonchev–Trinajstić information content (AvgIpc) is 3.10. The van der Waals surface area contributed by atoms with Crippen molar-refractivity contribution in [2.45, 2.75) is 51.4 Å². The van der Waals surface area contributed by atoms with Gasteiger partial charge in [0.2, 0.25) is 0 Å². The van der Waals surface area contributed by atoms with Crippen LogP contribution >= 0.6 is 11.6 Å². The molecule has 0 saturated heterocycles. The van der Waals surface area contributed by atoms with Crippen LogP contribution in [0.2, 0.25) is 5.02 Å². The summed E-state index contributed by atoms with van der Waals surface area (Å²) in [6, 6.07) is 12.0. The van der Waals surface area contributed by atoms with Gasteiger partial charge in [0.1, 0.15) is 5.82 Å². The van der Waals surface area contributed by atoms with Crippen molar-refractivity contribution in [1.82, 2.24) is 0 Å². The molecule has 2 aromatic rings. The minimum Gasteiger partial charge on any atom is -0.373 e. The van der Waals surface area contributed by atoms with Crippen LogP contribution in [-0.4, -0.2) is 18.2 Å². The minimum absolute atomic E-state index is 0.0223. The Morgan fingerprint density at radius 1 is 1.24 bits per heavy atom. The topological polar surface area (TPSA) is 64.7 Å². The summed E-state index contributed by atoms with van der Waals surface area (Å²) in [6.45, 7) is 2.55. The summed E-state index contributed by atoms with van der Waals surface area (Å²) in [7, 11) is 0. The molecule has 0 spiro atoms. The van der Waals surface area contributed by atoms with Crippen molar-refractivity contribution in [2.75, 3.05) is 0 Å². The zero-order chi connectivity index (χ0) is 23.2. The summed E-state index contributed by atoms with van der Waals surface area (Å²) < 4.78 is 19.7. The van der Waals surface area contributed by atoms with E-state index in [1.165, 1.54) is 28.9 Å². The average molecular weight is 465 g/mol. The molecule has 1 heterocycles. The number of hydrogen-bond donors (Lipinski definition) is 1. The van der Waals surface area contributed by atoms with E-state index in [0.29, 0.717) is 22.8 Å². The summed E-state index contributed by atoms with van der Waals surface area (Å²) in [4.78, 5) is 16.6. The second-order valence-corrected chi connectivity index (χ2v) is 9.75. The van der Waals surface area contributed by atoms with Crippen molar-refractivity contribution >= 4 is 23.7 Å². The van der Waals surface area contributed by atoms with Gasteiger partial charge in [-0.25, -0.2) is 4.39 Å². The number of hydrogen-bond acceptors (Lipinski definition) is 3. The van der Waals surface area contributed by atoms with Gasteiger partial charge in [0, 0.05) is 11.6 Å². The lowest BCUT2D eigenvalue weighted by Crippen LogP contribution is -2.34. The van der Waals surface area contributed by atoms with Crippen LogP contribution in [0.4, 0.5) is 4.39 Å². The molecule has 2 aliphatic carbocycles. The number of halogens is 2. The zero-order valence-corrected chi connectivity index (χ0v) is 19.2. The van der Waals surface area contributed by atoms with Gasteiger partial charge >= 0.3 is 0 Å². The van der Waals surface area contributed by atoms with Crippen molar-refractivity contribution in [3.63, 3.8) is 0 Å². The fourth-order valence-electron chi connectivity index (χ4n) is 5.45. The fourth-order valence-corrected chi connectivity index (χ4v) is 5.73. The number of dihydropyridines is 1. The standard InChI is InChI=1S/C27H26ClFN2O2/c1-27-13-19-14-31-23(16-5-8-21(29)9-6-16)12-18(19)11-20(27)7-10-24(27)33-15-17-3-2-4-22(28)25(17)26(30)32/h2-6,8-9,11,14,23-24H,7,10,12-13,15H2,1H3,(H2,30,32)/t23?,24-,27?/m0/s1. The van der Waals surface area contributed by atoms with Crippen molar-refractivity contribution in [3.8, 4) is 0 Å². The molecular formula is C27H26ClFN2O2. The van der Waals surface area contributed by atoms with Crippen molar-refractivity contribution in [2.24, 2.45) is 16.1 Å². The largest absolute Gasteiger partial charge is 0.373 e. The fraction of sp³-hybridized carbons (Fsp3) is 0.333. The molecule has 2 N–H and O–H groups in total. The van der Waals surface area contributed by atoms with Gasteiger partial charge in [-0.05, 0) is 66.2 Å². The third kappa shape index (κ3) is 4.04. The van der Waals surface area contributed by atoms with Crippen LogP contribution in [0.15, 0.2) is 70.3 Å². The molecule has 2 aromatic carbocycles. The van der Waals surface area contributed by atoms with Crippen LogP contribution in [-0.2, 0) is 11.3 Å². The van der Waals surface area contributed by atoms with E-state index in [1.807, 2.05) is 30.5 Å². The lowest BCUT2D eigenvalue weighted by Gasteiger charge is -2.38. The molecular weight excluding hydrogens is 439 g/mol. The number of nitrogens with two attached hydrogens (primary N) is 1. The molecule has 1 fully saturated rings. The highest BCUT2D eigenvalue weighted by Gasteiger charge is 2.46. The normalized spacial score (nSPS) is 26.1.